The summed E-state index contributed by atoms with van der Waals surface area (Å²) in [7, 11) is 0. The van der Waals surface area contributed by atoms with Crippen molar-refractivity contribution >= 4 is 17.1 Å². The molecule has 0 spiro atoms. The first kappa shape index (κ1) is 12.4. The van der Waals surface area contributed by atoms with Gasteiger partial charge in [0.15, 0.2) is 11.6 Å². The number of ketones is 1. The molecule has 1 aliphatic rings. The van der Waals surface area contributed by atoms with Crippen molar-refractivity contribution in [1.29, 1.82) is 0 Å². The molecule has 0 amide bonds. The van der Waals surface area contributed by atoms with Gasteiger partial charge in [-0.25, -0.2) is 13.2 Å². The lowest BCUT2D eigenvalue weighted by Crippen LogP contribution is -2.04. The number of benzene rings is 1. The molecule has 19 heavy (non-hydrogen) atoms. The highest BCUT2D eigenvalue weighted by molar-refractivity contribution is 7.14. The molecule has 0 saturated carbocycles. The number of aryl methyl sites for hydroxylation is 2. The summed E-state index contributed by atoms with van der Waals surface area (Å²) in [6.45, 7) is 0. The van der Waals surface area contributed by atoms with E-state index in [0.29, 0.717) is 17.0 Å². The van der Waals surface area contributed by atoms with Gasteiger partial charge in [0, 0.05) is 10.9 Å². The molecule has 1 nitrogen and oxygen atoms in total. The van der Waals surface area contributed by atoms with Crippen LogP contribution < -0.4 is 0 Å². The molecule has 0 saturated heterocycles. The Morgan fingerprint density at radius 3 is 2.47 bits per heavy atom. The maximum atomic E-state index is 13.5. The van der Waals surface area contributed by atoms with Crippen LogP contribution in [0.1, 0.15) is 32.1 Å². The van der Waals surface area contributed by atoms with Crippen LogP contribution in [-0.4, -0.2) is 5.78 Å². The van der Waals surface area contributed by atoms with Crippen LogP contribution in [-0.2, 0) is 12.8 Å². The Labute approximate surface area is 111 Å². The Balaban J connectivity index is 2.01. The van der Waals surface area contributed by atoms with E-state index in [1.165, 1.54) is 11.3 Å². The van der Waals surface area contributed by atoms with Crippen molar-refractivity contribution in [3.05, 3.63) is 56.5 Å². The van der Waals surface area contributed by atoms with Crippen LogP contribution in [0.5, 0.6) is 0 Å². The smallest absolute Gasteiger partial charge is 0.206 e. The van der Waals surface area contributed by atoms with Crippen LogP contribution in [0.3, 0.4) is 0 Å². The van der Waals surface area contributed by atoms with Gasteiger partial charge in [0.2, 0.25) is 5.78 Å². The molecule has 0 radical (unpaired) electrons. The summed E-state index contributed by atoms with van der Waals surface area (Å²) in [6, 6.07) is 2.76. The van der Waals surface area contributed by atoms with Gasteiger partial charge in [-0.05, 0) is 37.0 Å². The summed E-state index contributed by atoms with van der Waals surface area (Å²) in [4.78, 5) is 13.6. The SMILES string of the molecule is O=C(c1cc2c(s1)CCC2)c1cc(F)c(F)cc1F. The summed E-state index contributed by atoms with van der Waals surface area (Å²) in [5.74, 6) is -4.12. The van der Waals surface area contributed by atoms with Crippen molar-refractivity contribution < 1.29 is 18.0 Å². The van der Waals surface area contributed by atoms with Crippen LogP contribution in [0.25, 0.3) is 0 Å². The summed E-state index contributed by atoms with van der Waals surface area (Å²) in [5.41, 5.74) is 0.690. The Hall–Kier alpha value is -1.62. The molecular weight excluding hydrogens is 273 g/mol. The van der Waals surface area contributed by atoms with E-state index in [1.807, 2.05) is 0 Å². The number of carbonyl (C=O) groups excluding carboxylic acids is 1. The van der Waals surface area contributed by atoms with E-state index in [9.17, 15) is 18.0 Å². The van der Waals surface area contributed by atoms with Crippen LogP contribution in [0.2, 0.25) is 0 Å². The van der Waals surface area contributed by atoms with Crippen molar-refractivity contribution in [2.45, 2.75) is 19.3 Å². The normalized spacial score (nSPS) is 13.6. The average Bonchev–Trinajstić information content (AvgIpc) is 2.93. The third kappa shape index (κ3) is 2.08. The van der Waals surface area contributed by atoms with E-state index in [2.05, 4.69) is 0 Å². The molecular formula is C14H9F3OS. The highest BCUT2D eigenvalue weighted by Gasteiger charge is 2.22. The van der Waals surface area contributed by atoms with Gasteiger partial charge >= 0.3 is 0 Å². The van der Waals surface area contributed by atoms with E-state index in [1.54, 1.807) is 6.07 Å². The first-order valence-corrected chi connectivity index (χ1v) is 6.68. The molecule has 0 unspecified atom stereocenters. The fourth-order valence-corrected chi connectivity index (χ4v) is 3.48. The van der Waals surface area contributed by atoms with E-state index in [-0.39, 0.29) is 0 Å². The van der Waals surface area contributed by atoms with Gasteiger partial charge in [0.1, 0.15) is 5.82 Å². The second-order valence-corrected chi connectivity index (χ2v) is 5.62. The maximum Gasteiger partial charge on any atom is 0.206 e. The predicted molar refractivity (Wildman–Crippen MR) is 66.1 cm³/mol. The van der Waals surface area contributed by atoms with E-state index in [4.69, 9.17) is 0 Å². The van der Waals surface area contributed by atoms with Crippen LogP contribution in [0, 0.1) is 17.5 Å². The van der Waals surface area contributed by atoms with Crippen molar-refractivity contribution in [3.63, 3.8) is 0 Å². The molecule has 0 fully saturated rings. The minimum Gasteiger partial charge on any atom is -0.288 e. The molecule has 1 aliphatic carbocycles. The third-order valence-corrected chi connectivity index (χ3v) is 4.46. The number of thiophene rings is 1. The topological polar surface area (TPSA) is 17.1 Å². The van der Waals surface area contributed by atoms with E-state index < -0.39 is 28.8 Å². The van der Waals surface area contributed by atoms with Crippen LogP contribution in [0.15, 0.2) is 18.2 Å². The fraction of sp³-hybridized carbons (Fsp3) is 0.214. The zero-order valence-corrected chi connectivity index (χ0v) is 10.6. The second-order valence-electron chi connectivity index (χ2n) is 4.49. The van der Waals surface area contributed by atoms with Gasteiger partial charge in [-0.2, -0.15) is 0 Å². The molecule has 98 valence electrons. The highest BCUT2D eigenvalue weighted by Crippen LogP contribution is 2.32. The lowest BCUT2D eigenvalue weighted by Gasteiger charge is -2.02. The first-order chi connectivity index (χ1) is 9.06. The minimum atomic E-state index is -1.29. The largest absolute Gasteiger partial charge is 0.288 e. The molecule has 0 atom stereocenters. The third-order valence-electron chi connectivity index (χ3n) is 3.22. The van der Waals surface area contributed by atoms with Gasteiger partial charge in [-0.1, -0.05) is 0 Å². The summed E-state index contributed by atoms with van der Waals surface area (Å²) in [5, 5.41) is 0. The van der Waals surface area contributed by atoms with Crippen LogP contribution >= 0.6 is 11.3 Å². The molecule has 0 bridgehead atoms. The number of rotatable bonds is 2. The van der Waals surface area contributed by atoms with Crippen molar-refractivity contribution in [1.82, 2.24) is 0 Å². The first-order valence-electron chi connectivity index (χ1n) is 5.87. The molecule has 2 aromatic rings. The number of carbonyl (C=O) groups is 1. The van der Waals surface area contributed by atoms with Gasteiger partial charge in [-0.15, -0.1) is 11.3 Å². The molecule has 0 aliphatic heterocycles. The van der Waals surface area contributed by atoms with Gasteiger partial charge in [0.05, 0.1) is 10.4 Å². The van der Waals surface area contributed by atoms with Gasteiger partial charge in [0.25, 0.3) is 0 Å². The Morgan fingerprint density at radius 1 is 1.00 bits per heavy atom. The van der Waals surface area contributed by atoms with Crippen LogP contribution in [0.4, 0.5) is 13.2 Å². The average molecular weight is 282 g/mol. The molecule has 0 N–H and O–H groups in total. The number of fused-ring (bicyclic) bond motifs is 1. The molecule has 3 rings (SSSR count). The Kier molecular flexibility index (Phi) is 2.93. The van der Waals surface area contributed by atoms with Gasteiger partial charge in [-0.3, -0.25) is 4.79 Å². The monoisotopic (exact) mass is 282 g/mol. The molecule has 1 aromatic heterocycles. The standard InChI is InChI=1S/C14H9F3OS/c15-9-6-11(17)10(16)5-8(9)14(18)13-4-7-2-1-3-12(7)19-13/h4-6H,1-3H2. The zero-order valence-electron chi connectivity index (χ0n) is 9.80. The van der Waals surface area contributed by atoms with Crippen molar-refractivity contribution in [2.24, 2.45) is 0 Å². The molecule has 1 aromatic carbocycles. The minimum absolute atomic E-state index is 0.384. The lowest BCUT2D eigenvalue weighted by atomic mass is 10.1. The van der Waals surface area contributed by atoms with E-state index in [0.717, 1.165) is 29.7 Å². The van der Waals surface area contributed by atoms with Crippen molar-refractivity contribution in [2.75, 3.05) is 0 Å². The predicted octanol–water partition coefficient (Wildman–Crippen LogP) is 3.89. The number of halogens is 3. The Bertz CT molecular complexity index is 654. The zero-order chi connectivity index (χ0) is 13.6. The second kappa shape index (κ2) is 4.49. The summed E-state index contributed by atoms with van der Waals surface area (Å²) in [6.07, 6.45) is 2.90. The molecule has 1 heterocycles. The lowest BCUT2D eigenvalue weighted by molar-refractivity contribution is 0.103. The fourth-order valence-electron chi connectivity index (χ4n) is 2.27. The van der Waals surface area contributed by atoms with Gasteiger partial charge < -0.3 is 0 Å². The van der Waals surface area contributed by atoms with E-state index >= 15 is 0 Å². The van der Waals surface area contributed by atoms with Crippen molar-refractivity contribution in [3.8, 4) is 0 Å². The summed E-state index contributed by atoms with van der Waals surface area (Å²) >= 11 is 1.31. The maximum absolute atomic E-state index is 13.5. The number of hydrogen-bond acceptors (Lipinski definition) is 2. The Morgan fingerprint density at radius 2 is 1.74 bits per heavy atom. The highest BCUT2D eigenvalue weighted by atomic mass is 32.1. The quantitative estimate of drug-likeness (QED) is 0.603. The summed E-state index contributed by atoms with van der Waals surface area (Å²) < 4.78 is 39.5. The molecule has 5 heteroatoms. The number of hydrogen-bond donors (Lipinski definition) is 0.